The van der Waals surface area contributed by atoms with Gasteiger partial charge in [-0.05, 0) is 0 Å². The van der Waals surface area contributed by atoms with E-state index < -0.39 is 11.1 Å². The van der Waals surface area contributed by atoms with Gasteiger partial charge in [0.15, 0.2) is 0 Å². The van der Waals surface area contributed by atoms with E-state index in [1.54, 1.807) is 0 Å². The molecule has 7 heteroatoms. The summed E-state index contributed by atoms with van der Waals surface area (Å²) in [5, 5.41) is -0.275. The Hall–Kier alpha value is -1.21. The van der Waals surface area contributed by atoms with Crippen LogP contribution in [0.15, 0.2) is 11.2 Å². The van der Waals surface area contributed by atoms with Crippen molar-refractivity contribution in [2.45, 2.75) is 5.16 Å². The summed E-state index contributed by atoms with van der Waals surface area (Å²) >= 11 is -2.23. The number of rotatable bonds is 1. The van der Waals surface area contributed by atoms with Crippen molar-refractivity contribution in [1.29, 1.82) is 0 Å². The Balaban J connectivity index is 3.19. The van der Waals surface area contributed by atoms with Crippen LogP contribution in [0.2, 0.25) is 0 Å². The molecule has 1 unspecified atom stereocenters. The first-order chi connectivity index (χ1) is 5.09. The molecule has 1 rings (SSSR count). The predicted molar refractivity (Wildman–Crippen MR) is 39.9 cm³/mol. The van der Waals surface area contributed by atoms with Gasteiger partial charge in [-0.2, -0.15) is 0 Å². The number of nitrogens with two attached hydrogens (primary N) is 2. The lowest BCUT2D eigenvalue weighted by molar-refractivity contribution is 0.555. The van der Waals surface area contributed by atoms with Gasteiger partial charge in [-0.1, -0.05) is 0 Å². The number of anilines is 2. The molecule has 5 N–H and O–H groups in total. The minimum absolute atomic E-state index is 0.0786. The molecular weight excluding hydrogens is 168 g/mol. The Morgan fingerprint density at radius 2 is 1.82 bits per heavy atom. The maximum atomic E-state index is 10.4. The normalized spacial score (nSPS) is 12.8. The average Bonchev–Trinajstić information content (AvgIpc) is 1.85. The SMILES string of the molecule is Nc1cc(N)nc(S(=O)O)n1. The Labute approximate surface area is 64.9 Å². The smallest absolute Gasteiger partial charge is 0.250 e. The minimum Gasteiger partial charge on any atom is -0.383 e. The largest absolute Gasteiger partial charge is 0.383 e. The lowest BCUT2D eigenvalue weighted by Gasteiger charge is -1.96. The number of hydrogen-bond donors (Lipinski definition) is 3. The molecule has 0 spiro atoms. The van der Waals surface area contributed by atoms with Gasteiger partial charge in [-0.25, -0.2) is 14.2 Å². The summed E-state index contributed by atoms with van der Waals surface area (Å²) < 4.78 is 18.9. The van der Waals surface area contributed by atoms with E-state index in [4.69, 9.17) is 16.0 Å². The molecule has 60 valence electrons. The zero-order chi connectivity index (χ0) is 8.43. The first-order valence-corrected chi connectivity index (χ1v) is 3.71. The standard InChI is InChI=1S/C4H6N4O2S/c5-2-1-3(6)8-4(7-2)11(9)10/h1H,(H,9,10)(H4,5,6,7,8). The Bertz CT molecular complexity index is 282. The lowest BCUT2D eigenvalue weighted by atomic mass is 10.5. The number of nitrogens with zero attached hydrogens (tertiary/aromatic N) is 2. The van der Waals surface area contributed by atoms with Crippen molar-refractivity contribution >= 4 is 22.7 Å². The summed E-state index contributed by atoms with van der Waals surface area (Å²) in [6.07, 6.45) is 0. The second-order valence-electron chi connectivity index (χ2n) is 1.75. The maximum absolute atomic E-state index is 10.4. The first-order valence-electron chi connectivity index (χ1n) is 2.60. The third-order valence-corrected chi connectivity index (χ3v) is 1.40. The highest BCUT2D eigenvalue weighted by atomic mass is 32.2. The van der Waals surface area contributed by atoms with Gasteiger partial charge in [0.05, 0.1) is 0 Å². The molecule has 11 heavy (non-hydrogen) atoms. The van der Waals surface area contributed by atoms with Crippen LogP contribution in [-0.4, -0.2) is 18.7 Å². The zero-order valence-corrected chi connectivity index (χ0v) is 6.21. The van der Waals surface area contributed by atoms with Crippen molar-refractivity contribution in [2.75, 3.05) is 11.5 Å². The molecule has 1 atom stereocenters. The zero-order valence-electron chi connectivity index (χ0n) is 5.39. The van der Waals surface area contributed by atoms with E-state index in [9.17, 15) is 4.21 Å². The number of aromatic nitrogens is 2. The number of nitrogen functional groups attached to an aromatic ring is 2. The van der Waals surface area contributed by atoms with E-state index in [-0.39, 0.29) is 16.8 Å². The fourth-order valence-corrected chi connectivity index (χ4v) is 0.907. The predicted octanol–water partition coefficient (Wildman–Crippen LogP) is -0.778. The fourth-order valence-electron chi connectivity index (χ4n) is 0.540. The Kier molecular flexibility index (Phi) is 2.01. The summed E-state index contributed by atoms with van der Waals surface area (Å²) in [5.41, 5.74) is 10.4. The van der Waals surface area contributed by atoms with Crippen molar-refractivity contribution in [3.05, 3.63) is 6.07 Å². The molecule has 1 aromatic rings. The van der Waals surface area contributed by atoms with Gasteiger partial charge in [0, 0.05) is 6.07 Å². The third kappa shape index (κ3) is 1.85. The molecule has 0 aliphatic carbocycles. The van der Waals surface area contributed by atoms with Crippen LogP contribution in [0, 0.1) is 0 Å². The highest BCUT2D eigenvalue weighted by Gasteiger charge is 2.04. The van der Waals surface area contributed by atoms with Crippen LogP contribution in [0.5, 0.6) is 0 Å². The lowest BCUT2D eigenvalue weighted by Crippen LogP contribution is -2.04. The van der Waals surface area contributed by atoms with Crippen LogP contribution in [0.3, 0.4) is 0 Å². The summed E-state index contributed by atoms with van der Waals surface area (Å²) in [6.45, 7) is 0. The topological polar surface area (TPSA) is 115 Å². The molecular formula is C4H6N4O2S. The monoisotopic (exact) mass is 174 g/mol. The van der Waals surface area contributed by atoms with Crippen molar-refractivity contribution in [2.24, 2.45) is 0 Å². The van der Waals surface area contributed by atoms with Gasteiger partial charge in [-0.15, -0.1) is 0 Å². The highest BCUT2D eigenvalue weighted by Crippen LogP contribution is 2.05. The molecule has 0 saturated heterocycles. The molecule has 0 radical (unpaired) electrons. The van der Waals surface area contributed by atoms with Crippen LogP contribution in [0.4, 0.5) is 11.6 Å². The van der Waals surface area contributed by atoms with Gasteiger partial charge in [0.25, 0.3) is 5.16 Å². The second-order valence-corrected chi connectivity index (χ2v) is 2.61. The van der Waals surface area contributed by atoms with E-state index in [2.05, 4.69) is 9.97 Å². The van der Waals surface area contributed by atoms with E-state index in [0.717, 1.165) is 0 Å². The van der Waals surface area contributed by atoms with E-state index in [1.807, 2.05) is 0 Å². The molecule has 0 saturated carbocycles. The molecule has 6 nitrogen and oxygen atoms in total. The number of hydrogen-bond acceptors (Lipinski definition) is 5. The fraction of sp³-hybridized carbons (Fsp3) is 0. The van der Waals surface area contributed by atoms with Crippen molar-refractivity contribution < 1.29 is 8.76 Å². The molecule has 0 bridgehead atoms. The van der Waals surface area contributed by atoms with Gasteiger partial charge in [0.2, 0.25) is 11.1 Å². The summed E-state index contributed by atoms with van der Waals surface area (Å²) in [4.78, 5) is 6.94. The van der Waals surface area contributed by atoms with Gasteiger partial charge >= 0.3 is 0 Å². The van der Waals surface area contributed by atoms with E-state index in [1.165, 1.54) is 6.07 Å². The molecule has 0 fully saturated rings. The van der Waals surface area contributed by atoms with Crippen LogP contribution >= 0.6 is 0 Å². The average molecular weight is 174 g/mol. The quantitative estimate of drug-likeness (QED) is 0.380. The van der Waals surface area contributed by atoms with E-state index >= 15 is 0 Å². The Morgan fingerprint density at radius 1 is 1.36 bits per heavy atom. The summed E-state index contributed by atoms with van der Waals surface area (Å²) in [5.74, 6) is 0.157. The van der Waals surface area contributed by atoms with Crippen molar-refractivity contribution in [3.63, 3.8) is 0 Å². The van der Waals surface area contributed by atoms with Crippen LogP contribution in [0.1, 0.15) is 0 Å². The summed E-state index contributed by atoms with van der Waals surface area (Å²) in [6, 6.07) is 1.30. The highest BCUT2D eigenvalue weighted by molar-refractivity contribution is 7.79. The molecule has 0 aromatic carbocycles. The molecule has 1 heterocycles. The molecule has 1 aromatic heterocycles. The van der Waals surface area contributed by atoms with E-state index in [0.29, 0.717) is 0 Å². The summed E-state index contributed by atoms with van der Waals surface area (Å²) in [7, 11) is 0. The van der Waals surface area contributed by atoms with Gasteiger partial charge in [0.1, 0.15) is 11.6 Å². The minimum atomic E-state index is -2.23. The van der Waals surface area contributed by atoms with Crippen molar-refractivity contribution in [1.82, 2.24) is 9.97 Å². The molecule has 0 aliphatic rings. The Morgan fingerprint density at radius 3 is 2.18 bits per heavy atom. The van der Waals surface area contributed by atoms with Crippen molar-refractivity contribution in [3.8, 4) is 0 Å². The maximum Gasteiger partial charge on any atom is 0.250 e. The van der Waals surface area contributed by atoms with Crippen LogP contribution in [0.25, 0.3) is 0 Å². The van der Waals surface area contributed by atoms with Crippen LogP contribution in [-0.2, 0) is 11.1 Å². The van der Waals surface area contributed by atoms with Crippen LogP contribution < -0.4 is 11.5 Å². The molecule has 0 aliphatic heterocycles. The van der Waals surface area contributed by atoms with Gasteiger partial charge < -0.3 is 11.5 Å². The molecule has 0 amide bonds. The second kappa shape index (κ2) is 2.81. The first kappa shape index (κ1) is 7.89. The van der Waals surface area contributed by atoms with Gasteiger partial charge in [-0.3, -0.25) is 4.55 Å². The third-order valence-electron chi connectivity index (χ3n) is 0.901.